The summed E-state index contributed by atoms with van der Waals surface area (Å²) in [4.78, 5) is 1.97. The predicted molar refractivity (Wildman–Crippen MR) is 45.1 cm³/mol. The van der Waals surface area contributed by atoms with E-state index in [1.165, 1.54) is 0 Å². The molecule has 1 rings (SSSR count). The molecule has 66 valence electrons. The summed E-state index contributed by atoms with van der Waals surface area (Å²) in [7, 11) is -2.21. The van der Waals surface area contributed by atoms with Gasteiger partial charge in [0.05, 0.1) is 5.88 Å². The highest BCUT2D eigenvalue weighted by Gasteiger charge is 2.28. The normalized spacial score (nSPS) is 21.1. The van der Waals surface area contributed by atoms with Crippen molar-refractivity contribution in [3.63, 3.8) is 0 Å². The van der Waals surface area contributed by atoms with Crippen LogP contribution in [0.25, 0.3) is 0 Å². The largest absolute Gasteiger partial charge is 0.289 e. The van der Waals surface area contributed by atoms with Gasteiger partial charge in [-0.25, -0.2) is 8.42 Å². The monoisotopic (exact) mass is 177 g/mol. The van der Waals surface area contributed by atoms with Gasteiger partial charge in [-0.3, -0.25) is 4.90 Å². The van der Waals surface area contributed by atoms with Crippen molar-refractivity contribution in [3.05, 3.63) is 0 Å². The topological polar surface area (TPSA) is 37.4 Å². The highest BCUT2D eigenvalue weighted by Crippen LogP contribution is 2.22. The lowest BCUT2D eigenvalue weighted by Gasteiger charge is -2.40. The van der Waals surface area contributed by atoms with Crippen LogP contribution in [0.5, 0.6) is 0 Å². The molecule has 0 aromatic carbocycles. The average Bonchev–Trinajstić information content (AvgIpc) is 1.75. The van der Waals surface area contributed by atoms with Crippen molar-refractivity contribution in [1.82, 2.24) is 4.90 Å². The second-order valence-corrected chi connectivity index (χ2v) is 4.46. The van der Waals surface area contributed by atoms with Crippen LogP contribution < -0.4 is 0 Å². The smallest absolute Gasteiger partial charge is 0.153 e. The standard InChI is InChI=1S/C7H15NO2S/c1-6(2)7-3-8(4-7)5-11(9)10/h6-7,11H,3-5H2,1-2H3. The first-order valence-corrected chi connectivity index (χ1v) is 5.30. The van der Waals surface area contributed by atoms with E-state index >= 15 is 0 Å². The van der Waals surface area contributed by atoms with Crippen LogP contribution >= 0.6 is 0 Å². The molecule has 0 atom stereocenters. The molecule has 0 bridgehead atoms. The molecular formula is C7H15NO2S. The second-order valence-electron chi connectivity index (χ2n) is 3.51. The Labute approximate surface area is 69.3 Å². The van der Waals surface area contributed by atoms with Crippen molar-refractivity contribution in [1.29, 1.82) is 0 Å². The van der Waals surface area contributed by atoms with Crippen molar-refractivity contribution in [3.8, 4) is 0 Å². The van der Waals surface area contributed by atoms with Gasteiger partial charge in [-0.1, -0.05) is 13.8 Å². The molecule has 0 aromatic rings. The molecule has 1 heterocycles. The number of hydrogen-bond donors (Lipinski definition) is 1. The molecule has 0 aliphatic carbocycles. The molecule has 0 amide bonds. The Kier molecular flexibility index (Phi) is 2.90. The molecule has 0 aromatic heterocycles. The first-order chi connectivity index (χ1) is 5.09. The molecule has 0 spiro atoms. The van der Waals surface area contributed by atoms with Gasteiger partial charge < -0.3 is 0 Å². The van der Waals surface area contributed by atoms with Gasteiger partial charge in [0.25, 0.3) is 0 Å². The van der Waals surface area contributed by atoms with Crippen molar-refractivity contribution in [2.24, 2.45) is 11.8 Å². The van der Waals surface area contributed by atoms with Crippen LogP contribution in [0.3, 0.4) is 0 Å². The fourth-order valence-electron chi connectivity index (χ4n) is 1.31. The molecule has 11 heavy (non-hydrogen) atoms. The summed E-state index contributed by atoms with van der Waals surface area (Å²) in [5.74, 6) is 1.65. The van der Waals surface area contributed by atoms with E-state index in [2.05, 4.69) is 13.8 Å². The third-order valence-electron chi connectivity index (χ3n) is 2.24. The van der Waals surface area contributed by atoms with E-state index in [4.69, 9.17) is 0 Å². The zero-order valence-corrected chi connectivity index (χ0v) is 7.88. The molecule has 0 N–H and O–H groups in total. The number of hydrogen-bond acceptors (Lipinski definition) is 3. The summed E-state index contributed by atoms with van der Waals surface area (Å²) < 4.78 is 20.5. The fraction of sp³-hybridized carbons (Fsp3) is 1.00. The third kappa shape index (κ3) is 2.45. The average molecular weight is 177 g/mol. The van der Waals surface area contributed by atoms with E-state index in [0.29, 0.717) is 11.8 Å². The Balaban J connectivity index is 2.19. The van der Waals surface area contributed by atoms with Crippen LogP contribution in [-0.4, -0.2) is 32.3 Å². The Bertz CT molecular complexity index is 187. The van der Waals surface area contributed by atoms with E-state index in [1.54, 1.807) is 0 Å². The van der Waals surface area contributed by atoms with Gasteiger partial charge in [0.15, 0.2) is 10.7 Å². The van der Waals surface area contributed by atoms with Crippen molar-refractivity contribution < 1.29 is 8.42 Å². The van der Waals surface area contributed by atoms with Crippen LogP contribution in [0, 0.1) is 11.8 Å². The molecule has 0 unspecified atom stereocenters. The molecule has 1 aliphatic rings. The third-order valence-corrected chi connectivity index (χ3v) is 2.87. The maximum atomic E-state index is 10.3. The Morgan fingerprint density at radius 3 is 2.36 bits per heavy atom. The maximum absolute atomic E-state index is 10.3. The lowest BCUT2D eigenvalue weighted by atomic mass is 9.89. The molecule has 3 nitrogen and oxygen atoms in total. The second kappa shape index (κ2) is 3.54. The minimum Gasteiger partial charge on any atom is -0.289 e. The van der Waals surface area contributed by atoms with Crippen molar-refractivity contribution in [2.75, 3.05) is 19.0 Å². The van der Waals surface area contributed by atoms with Gasteiger partial charge >= 0.3 is 0 Å². The van der Waals surface area contributed by atoms with Crippen molar-refractivity contribution >= 4 is 10.7 Å². The summed E-state index contributed by atoms with van der Waals surface area (Å²) in [6.07, 6.45) is 0. The van der Waals surface area contributed by atoms with E-state index in [9.17, 15) is 8.42 Å². The summed E-state index contributed by atoms with van der Waals surface area (Å²) >= 11 is 0. The fourth-order valence-corrected chi connectivity index (χ4v) is 1.87. The van der Waals surface area contributed by atoms with Gasteiger partial charge in [-0.15, -0.1) is 0 Å². The van der Waals surface area contributed by atoms with E-state index in [-0.39, 0.29) is 5.88 Å². The number of rotatable bonds is 3. The van der Waals surface area contributed by atoms with Gasteiger partial charge in [0.1, 0.15) is 0 Å². The van der Waals surface area contributed by atoms with Crippen LogP contribution in [0.1, 0.15) is 13.8 Å². The predicted octanol–water partition coefficient (Wildman–Crippen LogP) is 0.143. The first kappa shape index (κ1) is 9.00. The summed E-state index contributed by atoms with van der Waals surface area (Å²) in [6.45, 7) is 6.28. The maximum Gasteiger partial charge on any atom is 0.153 e. The zero-order chi connectivity index (χ0) is 8.43. The van der Waals surface area contributed by atoms with Gasteiger partial charge in [-0.05, 0) is 11.8 Å². The number of likely N-dealkylation sites (tertiary alicyclic amines) is 1. The number of nitrogens with zero attached hydrogens (tertiary/aromatic N) is 1. The SMILES string of the molecule is CC(C)C1CN(C[SH](=O)=O)C1. The van der Waals surface area contributed by atoms with Crippen molar-refractivity contribution in [2.45, 2.75) is 13.8 Å². The Morgan fingerprint density at radius 2 is 2.00 bits per heavy atom. The minimum absolute atomic E-state index is 0.249. The molecule has 1 aliphatic heterocycles. The van der Waals surface area contributed by atoms with Gasteiger partial charge in [0.2, 0.25) is 0 Å². The lowest BCUT2D eigenvalue weighted by molar-refractivity contribution is 0.0884. The summed E-state index contributed by atoms with van der Waals surface area (Å²) in [5, 5.41) is 0. The van der Waals surface area contributed by atoms with Crippen LogP contribution in [-0.2, 0) is 10.7 Å². The summed E-state index contributed by atoms with van der Waals surface area (Å²) in [6, 6.07) is 0. The van der Waals surface area contributed by atoms with Gasteiger partial charge in [0, 0.05) is 13.1 Å². The zero-order valence-electron chi connectivity index (χ0n) is 6.99. The van der Waals surface area contributed by atoms with Crippen LogP contribution in [0.4, 0.5) is 0 Å². The molecule has 0 saturated carbocycles. The first-order valence-electron chi connectivity index (χ1n) is 3.93. The molecule has 1 fully saturated rings. The summed E-state index contributed by atoms with van der Waals surface area (Å²) in [5.41, 5.74) is 0. The molecule has 1 saturated heterocycles. The highest BCUT2D eigenvalue weighted by atomic mass is 32.2. The quantitative estimate of drug-likeness (QED) is 0.623. The van der Waals surface area contributed by atoms with E-state index in [1.807, 2.05) is 4.90 Å². The molecular weight excluding hydrogens is 162 g/mol. The lowest BCUT2D eigenvalue weighted by Crippen LogP contribution is -2.49. The Hall–Kier alpha value is -0.0900. The molecule has 4 heteroatoms. The van der Waals surface area contributed by atoms with E-state index in [0.717, 1.165) is 13.1 Å². The van der Waals surface area contributed by atoms with Gasteiger partial charge in [-0.2, -0.15) is 0 Å². The van der Waals surface area contributed by atoms with Crippen LogP contribution in [0.15, 0.2) is 0 Å². The van der Waals surface area contributed by atoms with E-state index < -0.39 is 10.7 Å². The highest BCUT2D eigenvalue weighted by molar-refractivity contribution is 7.72. The molecule has 0 radical (unpaired) electrons. The minimum atomic E-state index is -2.21. The Morgan fingerprint density at radius 1 is 1.45 bits per heavy atom. The van der Waals surface area contributed by atoms with Crippen LogP contribution in [0.2, 0.25) is 0 Å². The number of thiol groups is 1.